The Balaban J connectivity index is 0.00000200. The second kappa shape index (κ2) is 6.90. The molecule has 0 aromatic heterocycles. The molecule has 0 aromatic carbocycles. The lowest BCUT2D eigenvalue weighted by atomic mass is 10.0. The number of rotatable bonds is 4. The largest absolute Gasteiger partial charge is 0.351 e. The zero-order valence-corrected chi connectivity index (χ0v) is 12.3. The van der Waals surface area contributed by atoms with Gasteiger partial charge in [0.05, 0.1) is 0 Å². The molecular weight excluding hydrogens is 284 g/mol. The van der Waals surface area contributed by atoms with Crippen molar-refractivity contribution in [2.45, 2.75) is 25.3 Å². The van der Waals surface area contributed by atoms with Crippen LogP contribution in [0.5, 0.6) is 0 Å². The summed E-state index contributed by atoms with van der Waals surface area (Å²) in [6.07, 6.45) is 2.98. The molecule has 0 aromatic rings. The molecule has 1 aliphatic carbocycles. The molecule has 4 amide bonds. The number of carbonyl (C=O) groups is 3. The van der Waals surface area contributed by atoms with Gasteiger partial charge in [-0.05, 0) is 25.3 Å². The average Bonchev–Trinajstić information content (AvgIpc) is 2.89. The standard InChI is InChI=1S/C12H20N4O3.ClH/c1-15-7-11(18)16(12(15)19)6-10(17)14-9-4-2-3-8(9)5-13;/h8-9H,2-7,13H2,1H3,(H,14,17);1H. The lowest BCUT2D eigenvalue weighted by Gasteiger charge is -2.21. The Labute approximate surface area is 124 Å². The van der Waals surface area contributed by atoms with Crippen molar-refractivity contribution in [3.8, 4) is 0 Å². The summed E-state index contributed by atoms with van der Waals surface area (Å²) in [6.45, 7) is 0.395. The molecule has 1 heterocycles. The number of likely N-dealkylation sites (N-methyl/N-ethyl adjacent to an activating group) is 1. The first-order valence-corrected chi connectivity index (χ1v) is 6.57. The molecule has 2 fully saturated rings. The Bertz CT molecular complexity index is 404. The summed E-state index contributed by atoms with van der Waals surface area (Å²) in [5.74, 6) is -0.316. The highest BCUT2D eigenvalue weighted by Crippen LogP contribution is 2.24. The van der Waals surface area contributed by atoms with Crippen molar-refractivity contribution in [1.82, 2.24) is 15.1 Å². The van der Waals surface area contributed by atoms with E-state index in [1.54, 1.807) is 7.05 Å². The smallest absolute Gasteiger partial charge is 0.327 e. The lowest BCUT2D eigenvalue weighted by molar-refractivity contribution is -0.131. The first-order chi connectivity index (χ1) is 9.02. The first kappa shape index (κ1) is 16.7. The van der Waals surface area contributed by atoms with Crippen molar-refractivity contribution < 1.29 is 14.4 Å². The average molecular weight is 305 g/mol. The van der Waals surface area contributed by atoms with Crippen LogP contribution in [0.2, 0.25) is 0 Å². The summed E-state index contributed by atoms with van der Waals surface area (Å²) in [6, 6.07) is -0.343. The van der Waals surface area contributed by atoms with Gasteiger partial charge in [-0.3, -0.25) is 14.5 Å². The number of urea groups is 1. The van der Waals surface area contributed by atoms with E-state index in [2.05, 4.69) is 5.32 Å². The minimum Gasteiger partial charge on any atom is -0.351 e. The van der Waals surface area contributed by atoms with Crippen LogP contribution in [0, 0.1) is 5.92 Å². The van der Waals surface area contributed by atoms with Gasteiger partial charge in [-0.15, -0.1) is 12.4 Å². The van der Waals surface area contributed by atoms with Crippen LogP contribution >= 0.6 is 12.4 Å². The van der Waals surface area contributed by atoms with Gasteiger partial charge in [0, 0.05) is 13.1 Å². The van der Waals surface area contributed by atoms with Crippen molar-refractivity contribution in [2.24, 2.45) is 11.7 Å². The number of nitrogens with one attached hydrogen (secondary N) is 1. The molecule has 0 radical (unpaired) electrons. The number of nitrogens with two attached hydrogens (primary N) is 1. The first-order valence-electron chi connectivity index (χ1n) is 6.57. The topological polar surface area (TPSA) is 95.7 Å². The minimum absolute atomic E-state index is 0. The predicted octanol–water partition coefficient (Wildman–Crippen LogP) is -0.454. The molecule has 8 heteroatoms. The molecule has 2 unspecified atom stereocenters. The van der Waals surface area contributed by atoms with E-state index in [0.717, 1.165) is 24.2 Å². The number of imide groups is 1. The van der Waals surface area contributed by atoms with E-state index in [9.17, 15) is 14.4 Å². The third-order valence-corrected chi connectivity index (χ3v) is 3.84. The van der Waals surface area contributed by atoms with Crippen LogP contribution in [0.1, 0.15) is 19.3 Å². The van der Waals surface area contributed by atoms with Crippen LogP contribution in [-0.4, -0.2) is 60.4 Å². The van der Waals surface area contributed by atoms with Gasteiger partial charge in [-0.2, -0.15) is 0 Å². The van der Waals surface area contributed by atoms with Crippen LogP contribution in [-0.2, 0) is 9.59 Å². The highest BCUT2D eigenvalue weighted by Gasteiger charge is 2.35. The molecule has 2 atom stereocenters. The van der Waals surface area contributed by atoms with Crippen molar-refractivity contribution in [3.05, 3.63) is 0 Å². The van der Waals surface area contributed by atoms with E-state index in [1.165, 1.54) is 4.90 Å². The van der Waals surface area contributed by atoms with E-state index in [1.807, 2.05) is 0 Å². The van der Waals surface area contributed by atoms with Crippen LogP contribution in [0.15, 0.2) is 0 Å². The molecule has 20 heavy (non-hydrogen) atoms. The van der Waals surface area contributed by atoms with Gasteiger partial charge in [-0.1, -0.05) is 6.42 Å². The van der Waals surface area contributed by atoms with Crippen LogP contribution in [0.4, 0.5) is 4.79 Å². The molecule has 1 aliphatic heterocycles. The molecule has 2 rings (SSSR count). The maximum Gasteiger partial charge on any atom is 0.327 e. The SMILES string of the molecule is CN1CC(=O)N(CC(=O)NC2CCCC2CN)C1=O.Cl. The zero-order chi connectivity index (χ0) is 14.0. The summed E-state index contributed by atoms with van der Waals surface area (Å²) < 4.78 is 0. The number of nitrogens with zero attached hydrogens (tertiary/aromatic N) is 2. The number of hydrogen-bond acceptors (Lipinski definition) is 4. The van der Waals surface area contributed by atoms with Crippen LogP contribution in [0.3, 0.4) is 0 Å². The fourth-order valence-corrected chi connectivity index (χ4v) is 2.73. The van der Waals surface area contributed by atoms with Crippen molar-refractivity contribution >= 4 is 30.3 Å². The van der Waals surface area contributed by atoms with Crippen LogP contribution < -0.4 is 11.1 Å². The number of hydrogen-bond donors (Lipinski definition) is 2. The second-order valence-electron chi connectivity index (χ2n) is 5.22. The summed E-state index contributed by atoms with van der Waals surface area (Å²) in [4.78, 5) is 37.4. The van der Waals surface area contributed by atoms with Gasteiger partial charge in [-0.25, -0.2) is 4.79 Å². The molecule has 0 spiro atoms. The summed E-state index contributed by atoms with van der Waals surface area (Å²) in [7, 11) is 1.54. The Hall–Kier alpha value is -1.34. The summed E-state index contributed by atoms with van der Waals surface area (Å²) in [5, 5.41) is 2.88. The molecule has 3 N–H and O–H groups in total. The van der Waals surface area contributed by atoms with Crippen molar-refractivity contribution in [3.63, 3.8) is 0 Å². The number of halogens is 1. The Kier molecular flexibility index (Phi) is 5.76. The Morgan fingerprint density at radius 3 is 2.65 bits per heavy atom. The second-order valence-corrected chi connectivity index (χ2v) is 5.22. The third kappa shape index (κ3) is 3.40. The molecule has 1 saturated carbocycles. The Morgan fingerprint density at radius 2 is 2.10 bits per heavy atom. The monoisotopic (exact) mass is 304 g/mol. The van der Waals surface area contributed by atoms with Crippen LogP contribution in [0.25, 0.3) is 0 Å². The fourth-order valence-electron chi connectivity index (χ4n) is 2.73. The zero-order valence-electron chi connectivity index (χ0n) is 11.5. The van der Waals surface area contributed by atoms with E-state index < -0.39 is 6.03 Å². The highest BCUT2D eigenvalue weighted by molar-refractivity contribution is 6.04. The summed E-state index contributed by atoms with van der Waals surface area (Å²) >= 11 is 0. The minimum atomic E-state index is -0.415. The van der Waals surface area contributed by atoms with Crippen molar-refractivity contribution in [1.29, 1.82) is 0 Å². The number of amides is 4. The van der Waals surface area contributed by atoms with Crippen molar-refractivity contribution in [2.75, 3.05) is 26.7 Å². The quantitative estimate of drug-likeness (QED) is 0.687. The highest BCUT2D eigenvalue weighted by atomic mass is 35.5. The van der Waals surface area contributed by atoms with Gasteiger partial charge in [0.1, 0.15) is 13.1 Å². The number of carbonyl (C=O) groups excluding carboxylic acids is 3. The molecule has 1 saturated heterocycles. The maximum atomic E-state index is 11.9. The molecule has 114 valence electrons. The molecule has 7 nitrogen and oxygen atoms in total. The van der Waals surface area contributed by atoms with E-state index in [0.29, 0.717) is 12.5 Å². The van der Waals surface area contributed by atoms with E-state index in [4.69, 9.17) is 5.73 Å². The van der Waals surface area contributed by atoms with E-state index >= 15 is 0 Å². The van der Waals surface area contributed by atoms with Gasteiger partial charge in [0.15, 0.2) is 0 Å². The van der Waals surface area contributed by atoms with Gasteiger partial charge < -0.3 is 16.0 Å². The lowest BCUT2D eigenvalue weighted by Crippen LogP contribution is -2.46. The normalized spacial score (nSPS) is 25.9. The summed E-state index contributed by atoms with van der Waals surface area (Å²) in [5.41, 5.74) is 5.65. The molecular formula is C12H21ClN4O3. The fraction of sp³-hybridized carbons (Fsp3) is 0.750. The maximum absolute atomic E-state index is 11.9. The third-order valence-electron chi connectivity index (χ3n) is 3.84. The van der Waals surface area contributed by atoms with E-state index in [-0.39, 0.29) is 43.4 Å². The van der Waals surface area contributed by atoms with Gasteiger partial charge in [0.25, 0.3) is 5.91 Å². The Morgan fingerprint density at radius 1 is 1.40 bits per heavy atom. The van der Waals surface area contributed by atoms with Gasteiger partial charge in [0.2, 0.25) is 5.91 Å². The van der Waals surface area contributed by atoms with Gasteiger partial charge >= 0.3 is 6.03 Å². The molecule has 2 aliphatic rings. The predicted molar refractivity (Wildman–Crippen MR) is 75.3 cm³/mol. The molecule has 0 bridgehead atoms.